The molecule has 180 valence electrons. The van der Waals surface area contributed by atoms with Gasteiger partial charge >= 0.3 is 0 Å². The number of phenolic OH excluding ortho intramolecular Hbond substituents is 1. The first kappa shape index (κ1) is 24.7. The summed E-state index contributed by atoms with van der Waals surface area (Å²) in [5.41, 5.74) is 1.91. The number of benzene rings is 2. The van der Waals surface area contributed by atoms with Crippen molar-refractivity contribution in [1.82, 2.24) is 9.88 Å². The number of phenols is 1. The van der Waals surface area contributed by atoms with Gasteiger partial charge in [0.2, 0.25) is 0 Å². The van der Waals surface area contributed by atoms with Crippen molar-refractivity contribution < 1.29 is 14.3 Å². The van der Waals surface area contributed by atoms with Crippen molar-refractivity contribution in [2.45, 2.75) is 51.1 Å². The van der Waals surface area contributed by atoms with Gasteiger partial charge in [-0.05, 0) is 64.5 Å². The molecule has 8 heteroatoms. The Bertz CT molecular complexity index is 1260. The first-order valence-electron chi connectivity index (χ1n) is 11.3. The van der Waals surface area contributed by atoms with Crippen molar-refractivity contribution in [2.75, 3.05) is 19.4 Å². The zero-order valence-corrected chi connectivity index (χ0v) is 21.2. The lowest BCUT2D eigenvalue weighted by molar-refractivity contribution is 0.101. The monoisotopic (exact) mass is 503 g/mol. The number of halogens is 3. The summed E-state index contributed by atoms with van der Waals surface area (Å²) in [7, 11) is 4.14. The predicted molar refractivity (Wildman–Crippen MR) is 137 cm³/mol. The summed E-state index contributed by atoms with van der Waals surface area (Å²) in [6.45, 7) is 3.68. The molecule has 2 unspecified atom stereocenters. The summed E-state index contributed by atoms with van der Waals surface area (Å²) < 4.78 is 15.2. The van der Waals surface area contributed by atoms with Crippen molar-refractivity contribution in [3.63, 3.8) is 0 Å². The van der Waals surface area contributed by atoms with Crippen LogP contribution in [-0.4, -0.2) is 46.4 Å². The van der Waals surface area contributed by atoms with Gasteiger partial charge in [0.15, 0.2) is 11.5 Å². The molecule has 1 aliphatic carbocycles. The second-order valence-corrected chi connectivity index (χ2v) is 10.3. The minimum atomic E-state index is -0.505. The maximum absolute atomic E-state index is 15.2. The fourth-order valence-electron chi connectivity index (χ4n) is 5.13. The fourth-order valence-corrected chi connectivity index (χ4v) is 5.62. The Labute approximate surface area is 208 Å². The van der Waals surface area contributed by atoms with Crippen LogP contribution in [0.3, 0.4) is 0 Å². The van der Waals surface area contributed by atoms with E-state index in [2.05, 4.69) is 36.2 Å². The van der Waals surface area contributed by atoms with E-state index in [9.17, 15) is 9.90 Å². The molecule has 0 amide bonds. The molecule has 1 fully saturated rings. The molecular weight excluding hydrogens is 476 g/mol. The maximum Gasteiger partial charge on any atom is 0.163 e. The summed E-state index contributed by atoms with van der Waals surface area (Å²) in [5.74, 6) is -0.884. The third-order valence-corrected chi connectivity index (χ3v) is 7.43. The van der Waals surface area contributed by atoms with Gasteiger partial charge in [0, 0.05) is 29.3 Å². The average molecular weight is 504 g/mol. The smallest absolute Gasteiger partial charge is 0.163 e. The second kappa shape index (κ2) is 9.33. The number of aromatic hydroxyl groups is 1. The number of carbonyl (C=O) groups is 1. The van der Waals surface area contributed by atoms with Crippen LogP contribution in [0.15, 0.2) is 30.5 Å². The third-order valence-electron chi connectivity index (χ3n) is 6.86. The molecule has 0 bridgehead atoms. The highest BCUT2D eigenvalue weighted by Crippen LogP contribution is 2.41. The largest absolute Gasteiger partial charge is 0.505 e. The molecule has 2 aromatic carbocycles. The number of anilines is 1. The molecule has 3 aromatic rings. The molecule has 34 heavy (non-hydrogen) atoms. The molecule has 2 atom stereocenters. The van der Waals surface area contributed by atoms with Crippen molar-refractivity contribution >= 4 is 45.6 Å². The quantitative estimate of drug-likeness (QED) is 0.369. The van der Waals surface area contributed by atoms with E-state index in [0.717, 1.165) is 25.7 Å². The van der Waals surface area contributed by atoms with Gasteiger partial charge in [-0.25, -0.2) is 4.39 Å². The van der Waals surface area contributed by atoms with Gasteiger partial charge in [-0.2, -0.15) is 0 Å². The van der Waals surface area contributed by atoms with Crippen LogP contribution in [0.5, 0.6) is 5.75 Å². The van der Waals surface area contributed by atoms with E-state index in [0.29, 0.717) is 27.7 Å². The van der Waals surface area contributed by atoms with Gasteiger partial charge in [0.1, 0.15) is 5.82 Å². The second-order valence-electron chi connectivity index (χ2n) is 9.51. The van der Waals surface area contributed by atoms with Crippen LogP contribution in [0, 0.1) is 5.82 Å². The van der Waals surface area contributed by atoms with E-state index in [4.69, 9.17) is 23.2 Å². The first-order valence-corrected chi connectivity index (χ1v) is 12.0. The molecule has 1 aliphatic rings. The summed E-state index contributed by atoms with van der Waals surface area (Å²) in [5, 5.41) is 14.3. The summed E-state index contributed by atoms with van der Waals surface area (Å²) in [6.07, 6.45) is 5.72. The van der Waals surface area contributed by atoms with E-state index in [1.807, 2.05) is 0 Å². The molecule has 2 N–H and O–H groups in total. The lowest BCUT2D eigenvalue weighted by Crippen LogP contribution is -2.55. The van der Waals surface area contributed by atoms with Crippen LogP contribution < -0.4 is 5.32 Å². The van der Waals surface area contributed by atoms with E-state index < -0.39 is 5.82 Å². The highest BCUT2D eigenvalue weighted by molar-refractivity contribution is 6.37. The minimum absolute atomic E-state index is 0.0273. The predicted octanol–water partition coefficient (Wildman–Crippen LogP) is 6.93. The fraction of sp³-hybridized carbons (Fsp3) is 0.385. The topological polar surface area (TPSA) is 65.5 Å². The molecule has 0 spiro atoms. The number of aromatic nitrogens is 1. The van der Waals surface area contributed by atoms with Crippen molar-refractivity contribution in [2.24, 2.45) is 0 Å². The summed E-state index contributed by atoms with van der Waals surface area (Å²) in [4.78, 5) is 19.2. The number of carbonyl (C=O) groups excluding carboxylic acids is 1. The number of ketones is 1. The van der Waals surface area contributed by atoms with Gasteiger partial charge in [-0.15, -0.1) is 0 Å². The number of nitrogens with zero attached hydrogens (tertiary/aromatic N) is 2. The van der Waals surface area contributed by atoms with Gasteiger partial charge in [-0.3, -0.25) is 9.78 Å². The third kappa shape index (κ3) is 4.47. The molecule has 1 aromatic heterocycles. The van der Waals surface area contributed by atoms with Crippen LogP contribution in [-0.2, 0) is 0 Å². The van der Waals surface area contributed by atoms with Crippen LogP contribution in [0.4, 0.5) is 10.1 Å². The Morgan fingerprint density at radius 2 is 1.88 bits per heavy atom. The van der Waals surface area contributed by atoms with Crippen LogP contribution in [0.1, 0.15) is 49.9 Å². The molecular formula is C26H28Cl2FN3O2. The van der Waals surface area contributed by atoms with E-state index in [-0.39, 0.29) is 38.7 Å². The molecule has 1 saturated carbocycles. The number of rotatable bonds is 5. The van der Waals surface area contributed by atoms with E-state index in [1.165, 1.54) is 31.3 Å². The number of Topliss-reactive ketones (excluding diaryl/α,β-unsaturated/α-hetero) is 1. The number of fused-ring (bicyclic) bond motifs is 1. The molecule has 4 rings (SSSR count). The van der Waals surface area contributed by atoms with Crippen molar-refractivity contribution in [1.29, 1.82) is 0 Å². The van der Waals surface area contributed by atoms with Gasteiger partial charge in [0.25, 0.3) is 0 Å². The zero-order chi connectivity index (χ0) is 24.8. The first-order chi connectivity index (χ1) is 16.0. The number of hydrogen-bond acceptors (Lipinski definition) is 5. The lowest BCUT2D eigenvalue weighted by Gasteiger charge is -2.46. The number of nitrogens with one attached hydrogen (secondary N) is 1. The SMILES string of the molecule is CC(=O)c1cnc2cc(F)c(-c3cc(Cl)c(O)c(Cl)c3)cc2c1NC1(C)CCCCC1N(C)C. The summed E-state index contributed by atoms with van der Waals surface area (Å²) >= 11 is 12.2. The minimum Gasteiger partial charge on any atom is -0.505 e. The molecule has 5 nitrogen and oxygen atoms in total. The van der Waals surface area contributed by atoms with Crippen molar-refractivity contribution in [3.05, 3.63) is 51.9 Å². The Morgan fingerprint density at radius 3 is 2.50 bits per heavy atom. The van der Waals surface area contributed by atoms with Gasteiger partial charge in [0.05, 0.1) is 32.4 Å². The Balaban J connectivity index is 1.94. The Hall–Kier alpha value is -2.41. The normalized spacial score (nSPS) is 20.6. The standard InChI is InChI=1S/C26H28Cl2FN3O2/c1-14(33)18-13-30-22-12-21(29)16(15-9-19(27)25(34)20(28)10-15)11-17(22)24(18)31-26(2)8-6-5-7-23(26)32(3)4/h9-13,23,34H,5-8H2,1-4H3,(H,30,31). The maximum atomic E-state index is 15.2. The summed E-state index contributed by atoms with van der Waals surface area (Å²) in [6, 6.07) is 6.21. The Kier molecular flexibility index (Phi) is 6.78. The number of hydrogen-bond donors (Lipinski definition) is 2. The lowest BCUT2D eigenvalue weighted by atomic mass is 9.77. The highest BCUT2D eigenvalue weighted by Gasteiger charge is 2.38. The molecule has 0 aliphatic heterocycles. The van der Waals surface area contributed by atoms with Crippen LogP contribution in [0.25, 0.3) is 22.0 Å². The molecule has 0 radical (unpaired) electrons. The molecule has 1 heterocycles. The van der Waals surface area contributed by atoms with Gasteiger partial charge in [-0.1, -0.05) is 36.0 Å². The molecule has 0 saturated heterocycles. The van der Waals surface area contributed by atoms with Crippen LogP contribution in [0.2, 0.25) is 10.0 Å². The average Bonchev–Trinajstić information content (AvgIpc) is 2.76. The van der Waals surface area contributed by atoms with Crippen molar-refractivity contribution in [3.8, 4) is 16.9 Å². The highest BCUT2D eigenvalue weighted by atomic mass is 35.5. The zero-order valence-electron chi connectivity index (χ0n) is 19.7. The van der Waals surface area contributed by atoms with E-state index >= 15 is 4.39 Å². The van der Waals surface area contributed by atoms with Gasteiger partial charge < -0.3 is 15.3 Å². The van der Waals surface area contributed by atoms with E-state index in [1.54, 1.807) is 6.07 Å². The van der Waals surface area contributed by atoms with Crippen LogP contribution >= 0.6 is 23.2 Å². The number of pyridine rings is 1. The number of likely N-dealkylation sites (N-methyl/N-ethyl adjacent to an activating group) is 1. The Morgan fingerprint density at radius 1 is 1.21 bits per heavy atom.